The van der Waals surface area contributed by atoms with Gasteiger partial charge in [-0.3, -0.25) is 0 Å². The van der Waals surface area contributed by atoms with Gasteiger partial charge in [-0.15, -0.1) is 0 Å². The zero-order valence-corrected chi connectivity index (χ0v) is 13.8. The van der Waals surface area contributed by atoms with Gasteiger partial charge in [0, 0.05) is 29.3 Å². The first-order valence-electron chi connectivity index (χ1n) is 6.15. The molecule has 0 saturated carbocycles. The van der Waals surface area contributed by atoms with Gasteiger partial charge < -0.3 is 4.74 Å². The normalized spacial score (nSPS) is 11.8. The minimum atomic E-state index is -0.251. The Bertz CT molecular complexity index is 353. The van der Waals surface area contributed by atoms with Crippen LogP contribution in [0.3, 0.4) is 0 Å². The minimum absolute atomic E-state index is 0.146. The summed E-state index contributed by atoms with van der Waals surface area (Å²) in [6.07, 6.45) is 1.81. The highest BCUT2D eigenvalue weighted by Gasteiger charge is 2.32. The molecule has 0 saturated heterocycles. The number of ether oxygens (including phenoxy) is 1. The van der Waals surface area contributed by atoms with E-state index >= 15 is 0 Å². The Labute approximate surface area is 125 Å². The first-order valence-corrected chi connectivity index (χ1v) is 8.39. The second-order valence-corrected chi connectivity index (χ2v) is 5.51. The molecule has 18 heavy (non-hydrogen) atoms. The lowest BCUT2D eigenvalue weighted by Crippen LogP contribution is -2.33. The molecule has 0 fully saturated rings. The largest absolute Gasteiger partial charge is 0.381 e. The van der Waals surface area contributed by atoms with E-state index in [9.17, 15) is 4.39 Å². The quantitative estimate of drug-likeness (QED) is 0.469. The van der Waals surface area contributed by atoms with Gasteiger partial charge >= 0.3 is 0 Å². The van der Waals surface area contributed by atoms with Gasteiger partial charge in [-0.1, -0.05) is 57.0 Å². The number of halogens is 3. The molecule has 0 aliphatic carbocycles. The predicted molar refractivity (Wildman–Crippen MR) is 81.4 cm³/mol. The van der Waals surface area contributed by atoms with E-state index in [0.717, 1.165) is 25.0 Å². The molecule has 0 amide bonds. The summed E-state index contributed by atoms with van der Waals surface area (Å²) < 4.78 is 19.5. The maximum Gasteiger partial charge on any atom is 0.127 e. The van der Waals surface area contributed by atoms with Crippen molar-refractivity contribution in [1.29, 1.82) is 0 Å². The zero-order valence-electron chi connectivity index (χ0n) is 10.6. The zero-order chi connectivity index (χ0) is 13.4. The standard InChI is InChI=1S/C14H19Br2FO/c1-2-8-18-9-7-14(10-15,11-16)12-5-3-4-6-13(12)17/h3-6H,2,7-11H2,1H3. The van der Waals surface area contributed by atoms with Crippen LogP contribution in [0.15, 0.2) is 24.3 Å². The van der Waals surface area contributed by atoms with E-state index in [0.29, 0.717) is 17.3 Å². The summed E-state index contributed by atoms with van der Waals surface area (Å²) >= 11 is 7.04. The molecule has 0 heterocycles. The van der Waals surface area contributed by atoms with Crippen LogP contribution in [-0.4, -0.2) is 23.9 Å². The molecular weight excluding hydrogens is 363 g/mol. The summed E-state index contributed by atoms with van der Waals surface area (Å²) in [5.74, 6) is -0.146. The Morgan fingerprint density at radius 2 is 1.83 bits per heavy atom. The molecule has 0 aromatic heterocycles. The Morgan fingerprint density at radius 1 is 1.17 bits per heavy atom. The average molecular weight is 382 g/mol. The maximum atomic E-state index is 14.0. The summed E-state index contributed by atoms with van der Waals surface area (Å²) in [6.45, 7) is 3.50. The van der Waals surface area contributed by atoms with Crippen LogP contribution in [0.25, 0.3) is 0 Å². The Hall–Kier alpha value is 0.0700. The van der Waals surface area contributed by atoms with Crippen LogP contribution in [0.5, 0.6) is 0 Å². The molecule has 1 nitrogen and oxygen atoms in total. The van der Waals surface area contributed by atoms with Crippen molar-refractivity contribution in [1.82, 2.24) is 0 Å². The van der Waals surface area contributed by atoms with E-state index in [-0.39, 0.29) is 11.2 Å². The maximum absolute atomic E-state index is 14.0. The molecule has 1 aromatic carbocycles. The second-order valence-electron chi connectivity index (χ2n) is 4.39. The third-order valence-corrected chi connectivity index (χ3v) is 5.18. The van der Waals surface area contributed by atoms with Gasteiger partial charge in [0.25, 0.3) is 0 Å². The van der Waals surface area contributed by atoms with Gasteiger partial charge in [0.05, 0.1) is 0 Å². The van der Waals surface area contributed by atoms with Crippen LogP contribution in [0.4, 0.5) is 4.39 Å². The highest BCUT2D eigenvalue weighted by molar-refractivity contribution is 9.09. The number of hydrogen-bond acceptors (Lipinski definition) is 1. The fourth-order valence-corrected chi connectivity index (χ4v) is 3.95. The minimum Gasteiger partial charge on any atom is -0.381 e. The molecule has 1 rings (SSSR count). The Morgan fingerprint density at radius 3 is 2.39 bits per heavy atom. The molecular formula is C14H19Br2FO. The molecule has 0 radical (unpaired) electrons. The van der Waals surface area contributed by atoms with Crippen molar-refractivity contribution in [2.45, 2.75) is 25.2 Å². The van der Waals surface area contributed by atoms with Crippen molar-refractivity contribution >= 4 is 31.9 Å². The second kappa shape index (κ2) is 8.28. The van der Waals surface area contributed by atoms with Crippen LogP contribution in [0.2, 0.25) is 0 Å². The summed E-state index contributed by atoms with van der Waals surface area (Å²) in [5, 5.41) is 1.42. The fourth-order valence-electron chi connectivity index (χ4n) is 1.85. The van der Waals surface area contributed by atoms with Gasteiger partial charge in [-0.25, -0.2) is 4.39 Å². The van der Waals surface area contributed by atoms with Gasteiger partial charge in [-0.2, -0.15) is 0 Å². The smallest absolute Gasteiger partial charge is 0.127 e. The molecule has 0 spiro atoms. The van der Waals surface area contributed by atoms with Crippen molar-refractivity contribution in [2.24, 2.45) is 0 Å². The monoisotopic (exact) mass is 380 g/mol. The summed E-state index contributed by atoms with van der Waals surface area (Å²) in [7, 11) is 0. The summed E-state index contributed by atoms with van der Waals surface area (Å²) in [6, 6.07) is 6.98. The van der Waals surface area contributed by atoms with Gasteiger partial charge in [0.2, 0.25) is 0 Å². The lowest BCUT2D eigenvalue weighted by molar-refractivity contribution is 0.119. The third kappa shape index (κ3) is 4.04. The van der Waals surface area contributed by atoms with Crippen LogP contribution in [-0.2, 0) is 10.2 Å². The van der Waals surface area contributed by atoms with Crippen LogP contribution in [0, 0.1) is 5.82 Å². The lowest BCUT2D eigenvalue weighted by atomic mass is 9.81. The summed E-state index contributed by atoms with van der Waals surface area (Å²) in [5.41, 5.74) is 0.498. The summed E-state index contributed by atoms with van der Waals surface area (Å²) in [4.78, 5) is 0. The van der Waals surface area contributed by atoms with Gasteiger partial charge in [0.15, 0.2) is 0 Å². The number of benzene rings is 1. The number of hydrogen-bond donors (Lipinski definition) is 0. The molecule has 1 aromatic rings. The molecule has 4 heteroatoms. The van der Waals surface area contributed by atoms with E-state index in [4.69, 9.17) is 4.74 Å². The van der Waals surface area contributed by atoms with E-state index in [1.807, 2.05) is 12.1 Å². The van der Waals surface area contributed by atoms with Crippen molar-refractivity contribution in [2.75, 3.05) is 23.9 Å². The topological polar surface area (TPSA) is 9.23 Å². The Balaban J connectivity index is 2.83. The van der Waals surface area contributed by atoms with Crippen molar-refractivity contribution < 1.29 is 9.13 Å². The van der Waals surface area contributed by atoms with E-state index in [1.54, 1.807) is 6.07 Å². The molecule has 0 unspecified atom stereocenters. The van der Waals surface area contributed by atoms with Gasteiger partial charge in [-0.05, 0) is 24.5 Å². The van der Waals surface area contributed by atoms with E-state index in [2.05, 4.69) is 38.8 Å². The van der Waals surface area contributed by atoms with Crippen molar-refractivity contribution in [3.05, 3.63) is 35.6 Å². The van der Waals surface area contributed by atoms with E-state index < -0.39 is 0 Å². The fraction of sp³-hybridized carbons (Fsp3) is 0.571. The molecule has 0 N–H and O–H groups in total. The van der Waals surface area contributed by atoms with Crippen LogP contribution < -0.4 is 0 Å². The average Bonchev–Trinajstić information content (AvgIpc) is 2.41. The lowest BCUT2D eigenvalue weighted by Gasteiger charge is -2.31. The van der Waals surface area contributed by atoms with Crippen LogP contribution in [0.1, 0.15) is 25.3 Å². The Kier molecular flexibility index (Phi) is 7.42. The van der Waals surface area contributed by atoms with E-state index in [1.165, 1.54) is 6.07 Å². The van der Waals surface area contributed by atoms with Crippen LogP contribution >= 0.6 is 31.9 Å². The highest BCUT2D eigenvalue weighted by Crippen LogP contribution is 2.34. The predicted octanol–water partition coefficient (Wildman–Crippen LogP) is 4.67. The molecule has 0 aliphatic rings. The molecule has 0 aliphatic heterocycles. The highest BCUT2D eigenvalue weighted by atomic mass is 79.9. The van der Waals surface area contributed by atoms with Gasteiger partial charge in [0.1, 0.15) is 5.82 Å². The SMILES string of the molecule is CCCOCCC(CBr)(CBr)c1ccccc1F. The van der Waals surface area contributed by atoms with Crippen molar-refractivity contribution in [3.63, 3.8) is 0 Å². The number of rotatable bonds is 8. The van der Waals surface area contributed by atoms with Crippen molar-refractivity contribution in [3.8, 4) is 0 Å². The molecule has 0 bridgehead atoms. The number of alkyl halides is 2. The first-order chi connectivity index (χ1) is 8.70. The molecule has 102 valence electrons. The molecule has 0 atom stereocenters. The first kappa shape index (κ1) is 16.1. The third-order valence-electron chi connectivity index (χ3n) is 3.03.